The van der Waals surface area contributed by atoms with E-state index in [0.717, 1.165) is 18.4 Å². The van der Waals surface area contributed by atoms with Gasteiger partial charge in [-0.3, -0.25) is 0 Å². The van der Waals surface area contributed by atoms with Crippen molar-refractivity contribution in [1.29, 1.82) is 0 Å². The fraction of sp³-hybridized carbons (Fsp3) is 0.765. The summed E-state index contributed by atoms with van der Waals surface area (Å²) in [6.45, 7) is 16.2. The van der Waals surface area contributed by atoms with Gasteiger partial charge in [0.1, 0.15) is 8.07 Å². The maximum absolute atomic E-state index is 8.94. The third kappa shape index (κ3) is 5.16. The molecule has 19 heavy (non-hydrogen) atoms. The third-order valence-electron chi connectivity index (χ3n) is 4.18. The summed E-state index contributed by atoms with van der Waals surface area (Å²) < 4.78 is 0. The molecule has 0 bridgehead atoms. The predicted octanol–water partition coefficient (Wildman–Crippen LogP) is 4.93. The molecule has 0 spiro atoms. The van der Waals surface area contributed by atoms with E-state index in [1.807, 2.05) is 6.92 Å². The van der Waals surface area contributed by atoms with Crippen LogP contribution >= 0.6 is 0 Å². The standard InChI is InChI=1S/C17H32OSi/c1-14(2)19(15(3)4,16(5)6)12-10-8-9-11-17(7)13-18/h11,14-16,18H,8-9,13H2,1-7H3/b17-11+. The fourth-order valence-corrected chi connectivity index (χ4v) is 8.40. The van der Waals surface area contributed by atoms with E-state index >= 15 is 0 Å². The average molecular weight is 281 g/mol. The lowest BCUT2D eigenvalue weighted by Gasteiger charge is -2.38. The van der Waals surface area contributed by atoms with Gasteiger partial charge in [-0.15, -0.1) is 11.5 Å². The first kappa shape index (κ1) is 18.5. The van der Waals surface area contributed by atoms with E-state index in [2.05, 4.69) is 59.1 Å². The Labute approximate surface area is 121 Å². The highest BCUT2D eigenvalue weighted by Gasteiger charge is 2.41. The molecule has 0 aliphatic heterocycles. The van der Waals surface area contributed by atoms with Crippen LogP contribution in [0.3, 0.4) is 0 Å². The summed E-state index contributed by atoms with van der Waals surface area (Å²) in [6.07, 6.45) is 3.97. The first-order valence-corrected chi connectivity index (χ1v) is 9.78. The van der Waals surface area contributed by atoms with Crippen LogP contribution in [0.1, 0.15) is 61.3 Å². The summed E-state index contributed by atoms with van der Waals surface area (Å²) in [5.41, 5.74) is 6.87. The molecule has 0 aliphatic carbocycles. The zero-order valence-electron chi connectivity index (χ0n) is 13.9. The number of rotatable bonds is 6. The van der Waals surface area contributed by atoms with Crippen LogP contribution in [0.4, 0.5) is 0 Å². The molecule has 0 aromatic carbocycles. The summed E-state index contributed by atoms with van der Waals surface area (Å²) in [5, 5.41) is 8.94. The van der Waals surface area contributed by atoms with Gasteiger partial charge in [0.2, 0.25) is 0 Å². The zero-order chi connectivity index (χ0) is 15.1. The molecule has 0 atom stereocenters. The van der Waals surface area contributed by atoms with Gasteiger partial charge in [0.25, 0.3) is 0 Å². The molecule has 0 radical (unpaired) electrons. The van der Waals surface area contributed by atoms with Crippen LogP contribution in [0.25, 0.3) is 0 Å². The van der Waals surface area contributed by atoms with Crippen molar-refractivity contribution in [1.82, 2.24) is 0 Å². The van der Waals surface area contributed by atoms with Gasteiger partial charge in [0, 0.05) is 6.42 Å². The maximum atomic E-state index is 8.94. The van der Waals surface area contributed by atoms with E-state index < -0.39 is 8.07 Å². The first-order valence-electron chi connectivity index (χ1n) is 7.55. The van der Waals surface area contributed by atoms with Crippen molar-refractivity contribution < 1.29 is 5.11 Å². The Hall–Kier alpha value is -0.523. The van der Waals surface area contributed by atoms with Crippen LogP contribution in [0.5, 0.6) is 0 Å². The molecule has 0 amide bonds. The van der Waals surface area contributed by atoms with Crippen LogP contribution in [0, 0.1) is 11.5 Å². The number of aliphatic hydroxyl groups is 1. The largest absolute Gasteiger partial charge is 0.392 e. The SMILES string of the molecule is C/C(=C\CCC#C[Si](C(C)C)(C(C)C)C(C)C)CO. The van der Waals surface area contributed by atoms with E-state index in [0.29, 0.717) is 16.6 Å². The Morgan fingerprint density at radius 2 is 1.53 bits per heavy atom. The van der Waals surface area contributed by atoms with Crippen LogP contribution in [-0.4, -0.2) is 19.8 Å². The molecular weight excluding hydrogens is 248 g/mol. The van der Waals surface area contributed by atoms with E-state index in [-0.39, 0.29) is 6.61 Å². The molecule has 0 heterocycles. The van der Waals surface area contributed by atoms with Gasteiger partial charge in [-0.25, -0.2) is 0 Å². The molecule has 0 aromatic heterocycles. The van der Waals surface area contributed by atoms with E-state index in [1.54, 1.807) is 0 Å². The minimum Gasteiger partial charge on any atom is -0.392 e. The van der Waals surface area contributed by atoms with Gasteiger partial charge >= 0.3 is 0 Å². The Morgan fingerprint density at radius 3 is 1.89 bits per heavy atom. The summed E-state index contributed by atoms with van der Waals surface area (Å²) in [7, 11) is -1.54. The summed E-state index contributed by atoms with van der Waals surface area (Å²) >= 11 is 0. The van der Waals surface area contributed by atoms with Crippen molar-refractivity contribution >= 4 is 8.07 Å². The molecular formula is C17H32OSi. The Bertz CT molecular complexity index is 320. The average Bonchev–Trinajstić information content (AvgIpc) is 2.31. The zero-order valence-corrected chi connectivity index (χ0v) is 14.9. The predicted molar refractivity (Wildman–Crippen MR) is 88.9 cm³/mol. The van der Waals surface area contributed by atoms with Crippen molar-refractivity contribution in [2.75, 3.05) is 6.61 Å². The Kier molecular flexibility index (Phi) is 8.37. The molecule has 0 aromatic rings. The van der Waals surface area contributed by atoms with Crippen LogP contribution in [0.15, 0.2) is 11.6 Å². The van der Waals surface area contributed by atoms with E-state index in [9.17, 15) is 0 Å². The summed E-state index contributed by atoms with van der Waals surface area (Å²) in [5.74, 6) is 3.44. The highest BCUT2D eigenvalue weighted by molar-refractivity contribution is 6.90. The molecule has 1 N–H and O–H groups in total. The number of unbranched alkanes of at least 4 members (excludes halogenated alkanes) is 1. The highest BCUT2D eigenvalue weighted by Crippen LogP contribution is 2.40. The van der Waals surface area contributed by atoms with Gasteiger partial charge < -0.3 is 5.11 Å². The van der Waals surface area contributed by atoms with Gasteiger partial charge in [0.05, 0.1) is 6.61 Å². The molecule has 0 aliphatic rings. The number of hydrogen-bond donors (Lipinski definition) is 1. The van der Waals surface area contributed by atoms with Gasteiger partial charge in [-0.05, 0) is 30.0 Å². The molecule has 0 rings (SSSR count). The monoisotopic (exact) mass is 280 g/mol. The van der Waals surface area contributed by atoms with E-state index in [1.165, 1.54) is 0 Å². The third-order valence-corrected chi connectivity index (χ3v) is 10.5. The lowest BCUT2D eigenvalue weighted by molar-refractivity contribution is 0.331. The van der Waals surface area contributed by atoms with E-state index in [4.69, 9.17) is 5.11 Å². The summed E-state index contributed by atoms with van der Waals surface area (Å²) in [4.78, 5) is 0. The second-order valence-electron chi connectivity index (χ2n) is 6.45. The normalized spacial score (nSPS) is 13.1. The Balaban J connectivity index is 4.86. The van der Waals surface area contributed by atoms with Gasteiger partial charge in [0.15, 0.2) is 0 Å². The highest BCUT2D eigenvalue weighted by atomic mass is 28.3. The number of allylic oxidation sites excluding steroid dienone is 1. The fourth-order valence-electron chi connectivity index (χ4n) is 3.10. The minimum atomic E-state index is -1.54. The number of hydrogen-bond acceptors (Lipinski definition) is 1. The van der Waals surface area contributed by atoms with Crippen LogP contribution in [0.2, 0.25) is 16.6 Å². The summed E-state index contributed by atoms with van der Waals surface area (Å²) in [6, 6.07) is 0. The second kappa shape index (κ2) is 8.61. The van der Waals surface area contributed by atoms with Crippen molar-refractivity contribution in [2.24, 2.45) is 0 Å². The molecule has 1 nitrogen and oxygen atoms in total. The molecule has 0 unspecified atom stereocenters. The molecule has 0 saturated heterocycles. The van der Waals surface area contributed by atoms with Crippen molar-refractivity contribution in [3.8, 4) is 11.5 Å². The molecule has 0 fully saturated rings. The molecule has 110 valence electrons. The van der Waals surface area contributed by atoms with Gasteiger partial charge in [-0.1, -0.05) is 53.2 Å². The lowest BCUT2D eigenvalue weighted by atomic mass is 10.2. The van der Waals surface area contributed by atoms with Crippen molar-refractivity contribution in [3.63, 3.8) is 0 Å². The molecule has 0 saturated carbocycles. The van der Waals surface area contributed by atoms with Crippen LogP contribution in [-0.2, 0) is 0 Å². The topological polar surface area (TPSA) is 20.2 Å². The number of aliphatic hydroxyl groups excluding tert-OH is 1. The second-order valence-corrected chi connectivity index (χ2v) is 12.0. The van der Waals surface area contributed by atoms with Gasteiger partial charge in [-0.2, -0.15) is 0 Å². The first-order chi connectivity index (χ1) is 8.78. The maximum Gasteiger partial charge on any atom is 0.145 e. The van der Waals surface area contributed by atoms with Crippen LogP contribution < -0.4 is 0 Å². The van der Waals surface area contributed by atoms with Crippen molar-refractivity contribution in [2.45, 2.75) is 77.9 Å². The Morgan fingerprint density at radius 1 is 1.05 bits per heavy atom. The minimum absolute atomic E-state index is 0.163. The van der Waals surface area contributed by atoms with Crippen molar-refractivity contribution in [3.05, 3.63) is 11.6 Å². The quantitative estimate of drug-likeness (QED) is 0.317. The molecule has 2 heteroatoms. The lowest BCUT2D eigenvalue weighted by Crippen LogP contribution is -2.43. The smallest absolute Gasteiger partial charge is 0.145 e.